The van der Waals surface area contributed by atoms with Crippen molar-refractivity contribution in [2.75, 3.05) is 32.7 Å². The standard InChI is InChI=1S/C19H25ClN2/c20-19-4-2-1-3-17(19)13-21-7-9-22(10-8-21)14-18-12-15-5-6-16(18)11-15/h1-6,15-16,18H,7-14H2/p+2/t15-,16+,18+/m1/s1. The molecule has 0 spiro atoms. The molecule has 2 aliphatic carbocycles. The van der Waals surface area contributed by atoms with Gasteiger partial charge in [0.15, 0.2) is 0 Å². The van der Waals surface area contributed by atoms with Crippen molar-refractivity contribution in [3.63, 3.8) is 0 Å². The molecule has 0 unspecified atom stereocenters. The van der Waals surface area contributed by atoms with Crippen LogP contribution in [0.25, 0.3) is 0 Å². The molecule has 2 fully saturated rings. The summed E-state index contributed by atoms with van der Waals surface area (Å²) in [7, 11) is 0. The number of fused-ring (bicyclic) bond motifs is 2. The molecule has 4 rings (SSSR count). The lowest BCUT2D eigenvalue weighted by Gasteiger charge is -2.32. The molecule has 2 nitrogen and oxygen atoms in total. The second-order valence-corrected chi connectivity index (χ2v) is 7.92. The molecule has 1 saturated carbocycles. The number of nitrogens with one attached hydrogen (secondary N) is 2. The predicted molar refractivity (Wildman–Crippen MR) is 90.3 cm³/mol. The Balaban J connectivity index is 1.26. The minimum Gasteiger partial charge on any atom is -0.325 e. The summed E-state index contributed by atoms with van der Waals surface area (Å²) in [5.41, 5.74) is 1.31. The third-order valence-corrected chi connectivity index (χ3v) is 6.40. The van der Waals surface area contributed by atoms with Gasteiger partial charge in [0.1, 0.15) is 32.7 Å². The lowest BCUT2D eigenvalue weighted by molar-refractivity contribution is -1.02. The fourth-order valence-corrected chi connectivity index (χ4v) is 4.95. The van der Waals surface area contributed by atoms with Gasteiger partial charge in [0.25, 0.3) is 0 Å². The molecule has 3 atom stereocenters. The van der Waals surface area contributed by atoms with E-state index >= 15 is 0 Å². The van der Waals surface area contributed by atoms with E-state index in [9.17, 15) is 0 Å². The first-order valence-electron chi connectivity index (χ1n) is 8.87. The van der Waals surface area contributed by atoms with Crippen LogP contribution >= 0.6 is 11.6 Å². The fourth-order valence-electron chi connectivity index (χ4n) is 4.75. The topological polar surface area (TPSA) is 8.88 Å². The molecule has 1 aromatic rings. The van der Waals surface area contributed by atoms with Gasteiger partial charge in [-0.25, -0.2) is 0 Å². The molecular formula is C19H27ClN2+2. The van der Waals surface area contributed by atoms with Gasteiger partial charge in [-0.2, -0.15) is 0 Å². The zero-order valence-corrected chi connectivity index (χ0v) is 14.0. The number of hydrogen-bond donors (Lipinski definition) is 2. The van der Waals surface area contributed by atoms with Crippen molar-refractivity contribution in [2.45, 2.75) is 19.4 Å². The Kier molecular flexibility index (Phi) is 4.25. The number of rotatable bonds is 4. The highest BCUT2D eigenvalue weighted by atomic mass is 35.5. The van der Waals surface area contributed by atoms with Crippen molar-refractivity contribution < 1.29 is 9.80 Å². The van der Waals surface area contributed by atoms with Gasteiger partial charge in [0.2, 0.25) is 0 Å². The van der Waals surface area contributed by atoms with Gasteiger partial charge in [-0.3, -0.25) is 0 Å². The van der Waals surface area contributed by atoms with Crippen LogP contribution in [-0.4, -0.2) is 32.7 Å². The fraction of sp³-hybridized carbons (Fsp3) is 0.579. The Morgan fingerprint density at radius 2 is 1.73 bits per heavy atom. The Labute approximate surface area is 138 Å². The number of halogens is 1. The lowest BCUT2D eigenvalue weighted by Crippen LogP contribution is -3.27. The van der Waals surface area contributed by atoms with Gasteiger partial charge in [0.05, 0.1) is 6.54 Å². The SMILES string of the molecule is Clc1ccccc1C[NH+]1CC[NH+](C[C@@H]2C[C@@H]3C=C[C@H]2C3)CC1. The van der Waals surface area contributed by atoms with Crippen LogP contribution in [0, 0.1) is 17.8 Å². The summed E-state index contributed by atoms with van der Waals surface area (Å²) in [4.78, 5) is 3.54. The van der Waals surface area contributed by atoms with Gasteiger partial charge < -0.3 is 9.80 Å². The molecule has 1 aliphatic heterocycles. The van der Waals surface area contributed by atoms with E-state index in [-0.39, 0.29) is 0 Å². The molecule has 1 saturated heterocycles. The van der Waals surface area contributed by atoms with Gasteiger partial charge in [-0.1, -0.05) is 42.0 Å². The van der Waals surface area contributed by atoms with E-state index in [2.05, 4.69) is 24.3 Å². The number of quaternary nitrogens is 2. The quantitative estimate of drug-likeness (QED) is 0.761. The third-order valence-electron chi connectivity index (χ3n) is 6.03. The maximum absolute atomic E-state index is 6.30. The molecule has 0 amide bonds. The van der Waals surface area contributed by atoms with E-state index in [4.69, 9.17) is 11.6 Å². The molecule has 22 heavy (non-hydrogen) atoms. The van der Waals surface area contributed by atoms with Crippen LogP contribution in [0.15, 0.2) is 36.4 Å². The van der Waals surface area contributed by atoms with Crippen LogP contribution in [0.3, 0.4) is 0 Å². The van der Waals surface area contributed by atoms with Gasteiger partial charge in [0, 0.05) is 16.5 Å². The first-order valence-corrected chi connectivity index (χ1v) is 9.24. The Morgan fingerprint density at radius 3 is 2.41 bits per heavy atom. The second kappa shape index (κ2) is 6.35. The van der Waals surface area contributed by atoms with Crippen molar-refractivity contribution in [3.8, 4) is 0 Å². The summed E-state index contributed by atoms with van der Waals surface area (Å²) in [5.74, 6) is 2.79. The van der Waals surface area contributed by atoms with Crippen molar-refractivity contribution in [2.24, 2.45) is 17.8 Å². The summed E-state index contributed by atoms with van der Waals surface area (Å²) in [6, 6.07) is 8.31. The van der Waals surface area contributed by atoms with Crippen LogP contribution in [-0.2, 0) is 6.54 Å². The minimum atomic E-state index is 0.908. The van der Waals surface area contributed by atoms with E-state index in [1.807, 2.05) is 17.0 Å². The Bertz CT molecular complexity index is 548. The zero-order valence-electron chi connectivity index (χ0n) is 13.2. The van der Waals surface area contributed by atoms with Gasteiger partial charge in [-0.05, 0) is 30.7 Å². The van der Waals surface area contributed by atoms with Crippen LogP contribution in [0.2, 0.25) is 5.02 Å². The molecule has 1 heterocycles. The normalized spacial score (nSPS) is 36.9. The van der Waals surface area contributed by atoms with Gasteiger partial charge >= 0.3 is 0 Å². The summed E-state index contributed by atoms with van der Waals surface area (Å²) in [5, 5.41) is 0.929. The van der Waals surface area contributed by atoms with E-state index in [0.29, 0.717) is 0 Å². The number of hydrogen-bond acceptors (Lipinski definition) is 0. The molecule has 2 bridgehead atoms. The van der Waals surface area contributed by atoms with Gasteiger partial charge in [-0.15, -0.1) is 0 Å². The van der Waals surface area contributed by atoms with Crippen molar-refractivity contribution in [1.29, 1.82) is 0 Å². The van der Waals surface area contributed by atoms with Crippen molar-refractivity contribution in [3.05, 3.63) is 47.0 Å². The lowest BCUT2D eigenvalue weighted by atomic mass is 9.93. The molecule has 0 radical (unpaired) electrons. The maximum Gasteiger partial charge on any atom is 0.127 e. The minimum absolute atomic E-state index is 0.908. The van der Waals surface area contributed by atoms with E-state index < -0.39 is 0 Å². The van der Waals surface area contributed by atoms with Crippen LogP contribution in [0.5, 0.6) is 0 Å². The van der Waals surface area contributed by atoms with E-state index in [0.717, 1.165) is 29.3 Å². The average molecular weight is 319 g/mol. The summed E-state index contributed by atoms with van der Waals surface area (Å²) in [6.45, 7) is 7.73. The average Bonchev–Trinajstić information content (AvgIpc) is 3.14. The first-order chi connectivity index (χ1) is 10.8. The Morgan fingerprint density at radius 1 is 0.955 bits per heavy atom. The molecule has 3 heteroatoms. The number of piperazine rings is 1. The second-order valence-electron chi connectivity index (χ2n) is 7.51. The monoisotopic (exact) mass is 318 g/mol. The zero-order chi connectivity index (χ0) is 14.9. The largest absolute Gasteiger partial charge is 0.325 e. The molecular weight excluding hydrogens is 292 g/mol. The molecule has 118 valence electrons. The van der Waals surface area contributed by atoms with Crippen molar-refractivity contribution >= 4 is 11.6 Å². The third kappa shape index (κ3) is 3.10. The maximum atomic E-state index is 6.30. The Hall–Kier alpha value is -0.830. The first kappa shape index (κ1) is 14.7. The summed E-state index contributed by atoms with van der Waals surface area (Å²) in [6.07, 6.45) is 7.86. The van der Waals surface area contributed by atoms with Crippen LogP contribution in [0.4, 0.5) is 0 Å². The number of benzene rings is 1. The van der Waals surface area contributed by atoms with Crippen LogP contribution in [0.1, 0.15) is 18.4 Å². The summed E-state index contributed by atoms with van der Waals surface area (Å²) >= 11 is 6.30. The highest BCUT2D eigenvalue weighted by Crippen LogP contribution is 2.42. The molecule has 3 aliphatic rings. The highest BCUT2D eigenvalue weighted by molar-refractivity contribution is 6.31. The van der Waals surface area contributed by atoms with E-state index in [1.165, 1.54) is 51.1 Å². The molecule has 0 aromatic heterocycles. The van der Waals surface area contributed by atoms with Crippen LogP contribution < -0.4 is 9.80 Å². The van der Waals surface area contributed by atoms with E-state index in [1.54, 1.807) is 4.90 Å². The predicted octanol–water partition coefficient (Wildman–Crippen LogP) is 0.836. The van der Waals surface area contributed by atoms with Crippen molar-refractivity contribution in [1.82, 2.24) is 0 Å². The highest BCUT2D eigenvalue weighted by Gasteiger charge is 2.38. The number of allylic oxidation sites excluding steroid dienone is 2. The summed E-state index contributed by atoms with van der Waals surface area (Å²) < 4.78 is 0. The molecule has 2 N–H and O–H groups in total. The smallest absolute Gasteiger partial charge is 0.127 e. The molecule has 1 aromatic carbocycles.